The van der Waals surface area contributed by atoms with E-state index in [9.17, 15) is 9.90 Å². The third kappa shape index (κ3) is 4.25. The van der Waals surface area contributed by atoms with Crippen molar-refractivity contribution in [1.29, 1.82) is 0 Å². The highest BCUT2D eigenvalue weighted by Gasteiger charge is 2.21. The lowest BCUT2D eigenvalue weighted by molar-refractivity contribution is 0.0724. The lowest BCUT2D eigenvalue weighted by Gasteiger charge is -2.21. The number of carbonyl (C=O) groups is 1. The first kappa shape index (κ1) is 13.7. The maximum atomic E-state index is 11.5. The highest BCUT2D eigenvalue weighted by molar-refractivity contribution is 7.98. The molecule has 2 N–H and O–H groups in total. The molecular formula is C8H12ClN3O2S2. The van der Waals surface area contributed by atoms with Crippen molar-refractivity contribution < 1.29 is 9.90 Å². The highest BCUT2D eigenvalue weighted by Crippen LogP contribution is 2.15. The molecule has 5 nitrogen and oxygen atoms in total. The van der Waals surface area contributed by atoms with Gasteiger partial charge in [-0.25, -0.2) is 0 Å². The van der Waals surface area contributed by atoms with Gasteiger partial charge in [-0.3, -0.25) is 4.79 Å². The summed E-state index contributed by atoms with van der Waals surface area (Å²) in [4.78, 5) is 11.5. The number of aromatic nitrogens is 2. The molecule has 0 fully saturated rings. The van der Waals surface area contributed by atoms with Crippen LogP contribution >= 0.6 is 34.7 Å². The number of hydrogen-bond acceptors (Lipinski definition) is 6. The number of nitrogens with one attached hydrogen (secondary N) is 1. The van der Waals surface area contributed by atoms with Gasteiger partial charge in [-0.2, -0.15) is 11.8 Å². The summed E-state index contributed by atoms with van der Waals surface area (Å²) >= 11 is 8.07. The van der Waals surface area contributed by atoms with Crippen LogP contribution in [0.15, 0.2) is 0 Å². The van der Waals surface area contributed by atoms with Gasteiger partial charge in [0, 0.05) is 12.3 Å². The van der Waals surface area contributed by atoms with E-state index in [0.717, 1.165) is 11.3 Å². The summed E-state index contributed by atoms with van der Waals surface area (Å²) in [5, 5.41) is 19.7. The van der Waals surface area contributed by atoms with Crippen molar-refractivity contribution in [2.45, 2.75) is 12.5 Å². The van der Waals surface area contributed by atoms with E-state index in [1.165, 1.54) is 11.8 Å². The predicted molar refractivity (Wildman–Crippen MR) is 66.3 cm³/mol. The number of nitrogens with zero attached hydrogens (tertiary/aromatic N) is 2. The number of halogens is 1. The summed E-state index contributed by atoms with van der Waals surface area (Å²) in [5.74, 6) is 0.176. The van der Waals surface area contributed by atoms with Crippen molar-refractivity contribution in [2.24, 2.45) is 0 Å². The van der Waals surface area contributed by atoms with Gasteiger partial charge in [0.25, 0.3) is 5.91 Å². The molecule has 1 aromatic heterocycles. The van der Waals surface area contributed by atoms with Crippen molar-refractivity contribution >= 4 is 40.6 Å². The Morgan fingerprint density at radius 1 is 1.69 bits per heavy atom. The van der Waals surface area contributed by atoms with E-state index in [0.29, 0.717) is 5.75 Å². The van der Waals surface area contributed by atoms with Gasteiger partial charge in [0.1, 0.15) is 0 Å². The quantitative estimate of drug-likeness (QED) is 0.843. The first-order valence-corrected chi connectivity index (χ1v) is 7.02. The molecule has 0 radical (unpaired) electrons. The molecule has 1 aromatic rings. The van der Waals surface area contributed by atoms with Crippen LogP contribution in [-0.2, 0) is 0 Å². The molecule has 0 saturated carbocycles. The van der Waals surface area contributed by atoms with Crippen LogP contribution in [0.5, 0.6) is 0 Å². The van der Waals surface area contributed by atoms with E-state index in [-0.39, 0.29) is 21.9 Å². The molecule has 0 aliphatic carbocycles. The SMILES string of the molecule is CSCC(C)(O)CNC(=O)c1nnc(Cl)s1. The van der Waals surface area contributed by atoms with Gasteiger partial charge in [0.2, 0.25) is 9.47 Å². The smallest absolute Gasteiger partial charge is 0.282 e. The van der Waals surface area contributed by atoms with Crippen LogP contribution in [0.1, 0.15) is 16.7 Å². The van der Waals surface area contributed by atoms with Crippen molar-refractivity contribution in [3.63, 3.8) is 0 Å². The molecule has 1 unspecified atom stereocenters. The zero-order valence-electron chi connectivity index (χ0n) is 8.86. The fourth-order valence-corrected chi connectivity index (χ4v) is 2.47. The summed E-state index contributed by atoms with van der Waals surface area (Å²) < 4.78 is 0.223. The molecule has 1 amide bonds. The Hall–Kier alpha value is -0.370. The number of thioether (sulfide) groups is 1. The Bertz CT molecular complexity index is 370. The Morgan fingerprint density at radius 3 is 2.88 bits per heavy atom. The summed E-state index contributed by atoms with van der Waals surface area (Å²) in [7, 11) is 0. The molecule has 0 aliphatic rings. The molecule has 1 atom stereocenters. The molecule has 0 bridgehead atoms. The normalized spacial score (nSPS) is 14.5. The molecule has 8 heteroatoms. The maximum Gasteiger partial charge on any atom is 0.282 e. The fraction of sp³-hybridized carbons (Fsp3) is 0.625. The average Bonchev–Trinajstić information content (AvgIpc) is 2.61. The second-order valence-corrected chi connectivity index (χ2v) is 5.90. The minimum atomic E-state index is -0.927. The third-order valence-corrected chi connectivity index (χ3v) is 3.61. The number of hydrogen-bond donors (Lipinski definition) is 2. The van der Waals surface area contributed by atoms with Crippen LogP contribution in [-0.4, -0.2) is 45.4 Å². The molecular weight excluding hydrogens is 270 g/mol. The van der Waals surface area contributed by atoms with Crippen LogP contribution in [0.25, 0.3) is 0 Å². The minimum absolute atomic E-state index is 0.171. The van der Waals surface area contributed by atoms with Gasteiger partial charge in [-0.1, -0.05) is 11.3 Å². The molecule has 16 heavy (non-hydrogen) atoms. The summed E-state index contributed by atoms with van der Waals surface area (Å²) in [6.45, 7) is 1.83. The Morgan fingerprint density at radius 2 is 2.38 bits per heavy atom. The standard InChI is InChI=1S/C8H12ClN3O2S2/c1-8(14,4-15-2)3-10-5(13)6-11-12-7(9)16-6/h14H,3-4H2,1-2H3,(H,10,13). The van der Waals surface area contributed by atoms with E-state index >= 15 is 0 Å². The Labute approximate surface area is 107 Å². The zero-order chi connectivity index (χ0) is 12.2. The highest BCUT2D eigenvalue weighted by atomic mass is 35.5. The molecule has 0 aliphatic heterocycles. The first-order valence-electron chi connectivity index (χ1n) is 4.43. The number of aliphatic hydroxyl groups is 1. The van der Waals surface area contributed by atoms with Crippen LogP contribution in [0.2, 0.25) is 4.47 Å². The first-order chi connectivity index (χ1) is 7.44. The third-order valence-electron chi connectivity index (χ3n) is 1.68. The molecule has 0 saturated heterocycles. The summed E-state index contributed by atoms with van der Waals surface area (Å²) in [6.07, 6.45) is 1.89. The van der Waals surface area contributed by atoms with Crippen LogP contribution in [0.3, 0.4) is 0 Å². The molecule has 0 spiro atoms. The van der Waals surface area contributed by atoms with E-state index < -0.39 is 5.60 Å². The van der Waals surface area contributed by atoms with Crippen molar-refractivity contribution in [1.82, 2.24) is 15.5 Å². The number of amides is 1. The van der Waals surface area contributed by atoms with Crippen LogP contribution < -0.4 is 5.32 Å². The Balaban J connectivity index is 2.47. The maximum absolute atomic E-state index is 11.5. The van der Waals surface area contributed by atoms with Crippen molar-refractivity contribution in [2.75, 3.05) is 18.6 Å². The van der Waals surface area contributed by atoms with Crippen molar-refractivity contribution in [3.05, 3.63) is 9.47 Å². The lowest BCUT2D eigenvalue weighted by atomic mass is 10.1. The minimum Gasteiger partial charge on any atom is -0.387 e. The molecule has 1 rings (SSSR count). The van der Waals surface area contributed by atoms with Gasteiger partial charge in [0.15, 0.2) is 0 Å². The monoisotopic (exact) mass is 281 g/mol. The van der Waals surface area contributed by atoms with Crippen molar-refractivity contribution in [3.8, 4) is 0 Å². The van der Waals surface area contributed by atoms with E-state index in [1.807, 2.05) is 6.26 Å². The van der Waals surface area contributed by atoms with Crippen LogP contribution in [0, 0.1) is 0 Å². The lowest BCUT2D eigenvalue weighted by Crippen LogP contribution is -2.42. The van der Waals surface area contributed by atoms with E-state index in [4.69, 9.17) is 11.6 Å². The Kier molecular flexibility index (Phi) is 4.97. The largest absolute Gasteiger partial charge is 0.387 e. The predicted octanol–water partition coefficient (Wildman–Crippen LogP) is 1.04. The van der Waals surface area contributed by atoms with E-state index in [2.05, 4.69) is 15.5 Å². The van der Waals surface area contributed by atoms with Gasteiger partial charge in [-0.15, -0.1) is 10.2 Å². The second kappa shape index (κ2) is 5.81. The number of carbonyl (C=O) groups excluding carboxylic acids is 1. The number of rotatable bonds is 5. The van der Waals surface area contributed by atoms with Gasteiger partial charge < -0.3 is 10.4 Å². The molecule has 90 valence electrons. The summed E-state index contributed by atoms with van der Waals surface area (Å²) in [5.41, 5.74) is -0.927. The second-order valence-electron chi connectivity index (χ2n) is 3.47. The fourth-order valence-electron chi connectivity index (χ4n) is 1.01. The van der Waals surface area contributed by atoms with Gasteiger partial charge >= 0.3 is 0 Å². The van der Waals surface area contributed by atoms with Gasteiger partial charge in [-0.05, 0) is 24.8 Å². The van der Waals surface area contributed by atoms with Crippen LogP contribution in [0.4, 0.5) is 0 Å². The average molecular weight is 282 g/mol. The molecule has 0 aromatic carbocycles. The zero-order valence-corrected chi connectivity index (χ0v) is 11.2. The van der Waals surface area contributed by atoms with E-state index in [1.54, 1.807) is 6.92 Å². The summed E-state index contributed by atoms with van der Waals surface area (Å²) in [6, 6.07) is 0. The molecule has 1 heterocycles. The topological polar surface area (TPSA) is 75.1 Å². The van der Waals surface area contributed by atoms with Gasteiger partial charge in [0.05, 0.1) is 5.60 Å².